The zero-order valence-electron chi connectivity index (χ0n) is 77.3. The van der Waals surface area contributed by atoms with Crippen molar-refractivity contribution in [3.05, 3.63) is 0 Å². The maximum absolute atomic E-state index is 13.9. The highest BCUT2D eigenvalue weighted by atomic mass is 16.8. The zero-order chi connectivity index (χ0) is 105. The van der Waals surface area contributed by atoms with E-state index in [-0.39, 0.29) is 6.41 Å². The van der Waals surface area contributed by atoms with Crippen LogP contribution in [0.4, 0.5) is 0 Å². The van der Waals surface area contributed by atoms with E-state index in [1.807, 2.05) is 0 Å². The SMILES string of the molecule is CC(=O)N[C@H]1[C@@H](O[C@H]2[C@@H](O)[C@@H](CO)O[C@@H](O[C@H]3[C@H](O)[C@@H](CO)O[C@@H](OC[C@H]4O[C@@H](O[C@H]5[C@H](O)[C@@H](CO)O[C@@H](O[C@H]6[C@@H](O)[C@@H](CO)O[C@@H](O[C@H]7[C@H](O)[C@@H](O)[C@H](OC[C@@H](CO)NC=O)O[C@@H]7CO)[C@@H]6O)[C@@H]5NC(C)=O)[C@H](O)[C@@H](O[C@@H]5O[C@H](CO)[C@@H](O)[C@H](O[C@@H]6O[C@H](CO)[C@H](O)[C@H](O[C@H]7O[C@H](CO)[C@H](O)[C@H](O)[C@H]7NC(C)=O)[C@H]6O[C@@H]6O[C@@H](C)[C@@H](O)[C@@H](O)[C@@H]6O)[C@H]5NC(C)=O)[C@H]4O)[C@@H]3NC(C)=O)[C@@H]2O)O[C@H](CO)[C@H](O)[C@@H]1O. The second-order valence-corrected chi connectivity index (χ2v) is 36.0. The molecule has 0 spiro atoms. The molecule has 11 heterocycles. The number of aliphatic hydroxyl groups is 29. The van der Waals surface area contributed by atoms with Gasteiger partial charge in [0, 0.05) is 34.6 Å². The molecule has 11 fully saturated rings. The van der Waals surface area contributed by atoms with Crippen molar-refractivity contribution in [2.75, 3.05) is 79.3 Å². The Bertz CT molecular complexity index is 3960. The normalized spacial score (nSPS) is 47.5. The van der Waals surface area contributed by atoms with E-state index >= 15 is 0 Å². The first kappa shape index (κ1) is 118. The van der Waals surface area contributed by atoms with Crippen LogP contribution in [0.25, 0.3) is 0 Å². The second kappa shape index (κ2) is 52.7. The average molecular weight is 2090 g/mol. The lowest BCUT2D eigenvalue weighted by atomic mass is 9.93. The van der Waals surface area contributed by atoms with E-state index in [0.29, 0.717) is 0 Å². The molecule has 143 heavy (non-hydrogen) atoms. The lowest BCUT2D eigenvalue weighted by Gasteiger charge is -2.52. The van der Waals surface area contributed by atoms with Crippen molar-refractivity contribution in [1.82, 2.24) is 31.9 Å². The molecule has 0 radical (unpaired) electrons. The molecule has 826 valence electrons. The van der Waals surface area contributed by atoms with Crippen molar-refractivity contribution in [2.24, 2.45) is 0 Å². The Labute approximate surface area is 810 Å². The first-order chi connectivity index (χ1) is 67.8. The van der Waals surface area contributed by atoms with Crippen LogP contribution >= 0.6 is 0 Å². The molecule has 0 aromatic carbocycles. The fourth-order valence-electron chi connectivity index (χ4n) is 18.3. The molecule has 63 nitrogen and oxygen atoms in total. The van der Waals surface area contributed by atoms with Gasteiger partial charge < -0.3 is 284 Å². The number of carbonyl (C=O) groups excluding carboxylic acids is 6. The zero-order valence-corrected chi connectivity index (χ0v) is 77.3. The van der Waals surface area contributed by atoms with Crippen molar-refractivity contribution in [1.29, 1.82) is 0 Å². The average Bonchev–Trinajstić information content (AvgIpc) is 0.760. The van der Waals surface area contributed by atoms with Crippen LogP contribution in [-0.4, -0.2) is 607 Å². The standard InChI is InChI=1S/C80H134N6O57/c1-20-42(103)54(115)56(117)76(124-20)143-69-68(142-72-38(83-22(3)99)53(114)44(105)28(9-89)127-72)50(111)34(15-95)132-80(69)138-64-41(86-25(6)102)74(129-31(12-92)47(64)108)141-67-51(112)36(18-123-70-39(84-23(4)100)62(45(106)29(10-90)125-70)136-78-59(120)65(48(109)33(14-94)131-78)139-71-37(82-21(2)98)52(113)43(104)27(8-88)126-71)134-79(60(67)121)137-63-40(85-24(5)101)73(128-30(11-91)46(63)107)140-66-49(110)32(13-93)130-77(58(66)119)135-61-35(16-96)133-75(57(118)55(61)116)122-17-26(7-87)81-19-97/h19-20,26-80,87-96,103-121H,7-18H2,1-6H3,(H,81,97)(H,82,98)(H,83,99)(H,84,100)(H,85,101)(H,86,102)/t20-,26+,27+,28+,29+,30+,31+,32+,33+,34+,35+,36+,37+,38+,39+,40+,41+,42+,43-,44-,45+,46+,47+,48-,49-,50-,51-,52+,53+,54+,55+,56-,57+,58+,59+,60+,61+,62+,63+,64+,65-,66-,67-,68-,69+,70+,71+,72+,73-,74-,75+,76-,77-,78-,79-,80-/m0/s1. The van der Waals surface area contributed by atoms with Crippen LogP contribution in [0.3, 0.4) is 0 Å². The van der Waals surface area contributed by atoms with Gasteiger partial charge in [-0.3, -0.25) is 28.8 Å². The number of hydrogen-bond acceptors (Lipinski definition) is 57. The molecule has 6 amide bonds. The molecule has 11 aliphatic rings. The Morgan fingerprint density at radius 2 is 0.510 bits per heavy atom. The number of hydrogen-bond donors (Lipinski definition) is 35. The Balaban J connectivity index is 0.966. The van der Waals surface area contributed by atoms with E-state index in [2.05, 4.69) is 31.9 Å². The first-order valence-corrected chi connectivity index (χ1v) is 45.7. The molecule has 0 aliphatic carbocycles. The molecule has 11 saturated heterocycles. The van der Waals surface area contributed by atoms with Crippen molar-refractivity contribution < 1.29 is 281 Å². The van der Waals surface area contributed by atoms with Gasteiger partial charge in [0.25, 0.3) is 0 Å². The number of rotatable bonds is 41. The molecule has 56 atom stereocenters. The van der Waals surface area contributed by atoms with Crippen molar-refractivity contribution in [2.45, 2.75) is 385 Å². The summed E-state index contributed by atoms with van der Waals surface area (Å²) in [5.41, 5.74) is 0. The quantitative estimate of drug-likeness (QED) is 0.0253. The van der Waals surface area contributed by atoms with Crippen LogP contribution in [0.15, 0.2) is 0 Å². The van der Waals surface area contributed by atoms with Crippen LogP contribution in [-0.2, 0) is 133 Å². The maximum Gasteiger partial charge on any atom is 0.217 e. The fraction of sp³-hybridized carbons (Fsp3) is 0.925. The summed E-state index contributed by atoms with van der Waals surface area (Å²) in [4.78, 5) is 77.5. The van der Waals surface area contributed by atoms with Gasteiger partial charge in [-0.2, -0.15) is 0 Å². The molecule has 63 heteroatoms. The van der Waals surface area contributed by atoms with Gasteiger partial charge >= 0.3 is 0 Å². The molecule has 35 N–H and O–H groups in total. The highest BCUT2D eigenvalue weighted by Gasteiger charge is 2.64. The van der Waals surface area contributed by atoms with Gasteiger partial charge in [0.05, 0.1) is 91.4 Å². The van der Waals surface area contributed by atoms with Crippen LogP contribution in [0.1, 0.15) is 41.5 Å². The molecule has 11 aliphatic heterocycles. The predicted octanol–water partition coefficient (Wildman–Crippen LogP) is -24.1. The van der Waals surface area contributed by atoms with E-state index in [1.165, 1.54) is 6.92 Å². The Morgan fingerprint density at radius 3 is 0.881 bits per heavy atom. The van der Waals surface area contributed by atoms with Crippen molar-refractivity contribution in [3.8, 4) is 0 Å². The Hall–Kier alpha value is -5.22. The molecule has 0 unspecified atom stereocenters. The van der Waals surface area contributed by atoms with E-state index in [0.717, 1.165) is 34.6 Å². The number of carbonyl (C=O) groups is 6. The smallest absolute Gasteiger partial charge is 0.217 e. The topological polar surface area (TPSA) is 964 Å². The monoisotopic (exact) mass is 2090 g/mol. The summed E-state index contributed by atoms with van der Waals surface area (Å²) in [6, 6.07) is -11.1. The Kier molecular flexibility index (Phi) is 43.5. The summed E-state index contributed by atoms with van der Waals surface area (Å²) in [5, 5.41) is 344. The van der Waals surface area contributed by atoms with E-state index in [9.17, 15) is 177 Å². The molecule has 0 saturated carbocycles. The third-order valence-electron chi connectivity index (χ3n) is 25.9. The maximum atomic E-state index is 13.9. The molecule has 0 aromatic rings. The molecule has 0 aromatic heterocycles. The number of amides is 6. The summed E-state index contributed by atoms with van der Waals surface area (Å²) in [6.07, 6.45) is -108. The second-order valence-electron chi connectivity index (χ2n) is 36.0. The minimum atomic E-state index is -2.74. The van der Waals surface area contributed by atoms with Gasteiger partial charge in [0.1, 0.15) is 262 Å². The lowest BCUT2D eigenvalue weighted by Crippen LogP contribution is -2.72. The molecular formula is C80H134N6O57. The molecule has 0 bridgehead atoms. The largest absolute Gasteiger partial charge is 0.394 e. The van der Waals surface area contributed by atoms with E-state index in [4.69, 9.17) is 104 Å². The third kappa shape index (κ3) is 26.9. The summed E-state index contributed by atoms with van der Waals surface area (Å²) in [7, 11) is 0. The van der Waals surface area contributed by atoms with Gasteiger partial charge in [-0.1, -0.05) is 0 Å². The summed E-state index contributed by atoms with van der Waals surface area (Å²) in [6.45, 7) is -7.32. The van der Waals surface area contributed by atoms with Gasteiger partial charge in [0.2, 0.25) is 35.9 Å². The van der Waals surface area contributed by atoms with E-state index < -0.39 is 452 Å². The minimum absolute atomic E-state index is 0.222. The minimum Gasteiger partial charge on any atom is -0.394 e. The predicted molar refractivity (Wildman–Crippen MR) is 443 cm³/mol. The fourth-order valence-corrected chi connectivity index (χ4v) is 18.3. The highest BCUT2D eigenvalue weighted by Crippen LogP contribution is 2.43. The van der Waals surface area contributed by atoms with Crippen molar-refractivity contribution in [3.63, 3.8) is 0 Å². The third-order valence-corrected chi connectivity index (χ3v) is 25.9. The van der Waals surface area contributed by atoms with E-state index in [1.54, 1.807) is 0 Å². The van der Waals surface area contributed by atoms with Crippen LogP contribution in [0.5, 0.6) is 0 Å². The van der Waals surface area contributed by atoms with Gasteiger partial charge in [0.15, 0.2) is 69.2 Å². The first-order valence-electron chi connectivity index (χ1n) is 45.7. The number of aliphatic hydroxyl groups excluding tert-OH is 29. The summed E-state index contributed by atoms with van der Waals surface area (Å²) >= 11 is 0. The number of ether oxygens (including phenoxy) is 22. The van der Waals surface area contributed by atoms with Crippen LogP contribution in [0, 0.1) is 0 Å². The van der Waals surface area contributed by atoms with Gasteiger partial charge in [-0.25, -0.2) is 0 Å². The lowest BCUT2D eigenvalue weighted by molar-refractivity contribution is -0.401. The molecular weight excluding hydrogens is 1960 g/mol. The van der Waals surface area contributed by atoms with Gasteiger partial charge in [-0.05, 0) is 6.92 Å². The molecule has 11 rings (SSSR count). The van der Waals surface area contributed by atoms with Gasteiger partial charge in [-0.15, -0.1) is 0 Å². The number of nitrogens with one attached hydrogen (secondary N) is 6. The summed E-state index contributed by atoms with van der Waals surface area (Å²) in [5.74, 6) is -5.02. The van der Waals surface area contributed by atoms with Crippen LogP contribution < -0.4 is 31.9 Å². The Morgan fingerprint density at radius 1 is 0.245 bits per heavy atom. The summed E-state index contributed by atoms with van der Waals surface area (Å²) < 4.78 is 133. The van der Waals surface area contributed by atoms with Crippen LogP contribution in [0.2, 0.25) is 0 Å². The highest BCUT2D eigenvalue weighted by molar-refractivity contribution is 5.75. The van der Waals surface area contributed by atoms with Crippen molar-refractivity contribution >= 4 is 35.9 Å².